The Bertz CT molecular complexity index is 1040. The molecular weight excluding hydrogens is 574 g/mol. The summed E-state index contributed by atoms with van der Waals surface area (Å²) in [5.41, 5.74) is 1.20. The predicted octanol–water partition coefficient (Wildman–Crippen LogP) is 4.31. The highest BCUT2D eigenvalue weighted by atomic mass is 79.9. The van der Waals surface area contributed by atoms with E-state index in [0.717, 1.165) is 37.9 Å². The van der Waals surface area contributed by atoms with Crippen LogP contribution >= 0.6 is 31.9 Å². The first-order chi connectivity index (χ1) is 15.5. The largest absolute Gasteiger partial charge is 0.354 e. The number of hydrogen-bond acceptors (Lipinski definition) is 4. The summed E-state index contributed by atoms with van der Waals surface area (Å²) in [6.45, 7) is 3.97. The zero-order valence-corrected chi connectivity index (χ0v) is 22.9. The van der Waals surface area contributed by atoms with Crippen LogP contribution in [0.15, 0.2) is 57.5 Å². The fraction of sp³-hybridized carbons (Fsp3) is 0.391. The van der Waals surface area contributed by atoms with Gasteiger partial charge in [0.05, 0.1) is 11.9 Å². The maximum absolute atomic E-state index is 13.4. The van der Waals surface area contributed by atoms with Gasteiger partial charge in [-0.05, 0) is 55.3 Å². The van der Waals surface area contributed by atoms with Crippen LogP contribution in [0.2, 0.25) is 0 Å². The number of hydrogen-bond donors (Lipinski definition) is 1. The van der Waals surface area contributed by atoms with E-state index in [1.165, 1.54) is 4.90 Å². The van der Waals surface area contributed by atoms with Gasteiger partial charge in [0.15, 0.2) is 0 Å². The zero-order valence-electron chi connectivity index (χ0n) is 18.9. The molecule has 2 rings (SSSR count). The van der Waals surface area contributed by atoms with Crippen LogP contribution in [0, 0.1) is 0 Å². The van der Waals surface area contributed by atoms with E-state index in [2.05, 4.69) is 37.2 Å². The van der Waals surface area contributed by atoms with Gasteiger partial charge in [0.2, 0.25) is 21.8 Å². The van der Waals surface area contributed by atoms with Crippen molar-refractivity contribution in [3.05, 3.63) is 63.0 Å². The lowest BCUT2D eigenvalue weighted by atomic mass is 10.1. The summed E-state index contributed by atoms with van der Waals surface area (Å²) in [6, 6.07) is 13.3. The maximum Gasteiger partial charge on any atom is 0.244 e. The quantitative estimate of drug-likeness (QED) is 0.388. The average Bonchev–Trinajstić information content (AvgIpc) is 2.76. The molecule has 2 amide bonds. The van der Waals surface area contributed by atoms with Crippen molar-refractivity contribution in [3.63, 3.8) is 0 Å². The van der Waals surface area contributed by atoms with Crippen LogP contribution in [-0.2, 0) is 26.2 Å². The van der Waals surface area contributed by atoms with E-state index in [1.807, 2.05) is 31.2 Å². The Kier molecular flexibility index (Phi) is 10.4. The first-order valence-corrected chi connectivity index (χ1v) is 14.0. The Balaban J connectivity index is 2.32. The van der Waals surface area contributed by atoms with Crippen LogP contribution < -0.4 is 9.62 Å². The number of sulfonamides is 1. The summed E-state index contributed by atoms with van der Waals surface area (Å²) in [6.07, 6.45) is 2.83. The molecule has 2 aromatic rings. The number of nitrogens with one attached hydrogen (secondary N) is 1. The van der Waals surface area contributed by atoms with Gasteiger partial charge in [0.1, 0.15) is 12.6 Å². The van der Waals surface area contributed by atoms with Crippen molar-refractivity contribution in [3.8, 4) is 0 Å². The molecule has 180 valence electrons. The first kappa shape index (κ1) is 27.3. The molecule has 1 N–H and O–H groups in total. The van der Waals surface area contributed by atoms with Crippen molar-refractivity contribution >= 4 is 59.4 Å². The number of rotatable bonds is 11. The van der Waals surface area contributed by atoms with E-state index >= 15 is 0 Å². The fourth-order valence-corrected chi connectivity index (χ4v) is 4.50. The minimum Gasteiger partial charge on any atom is -0.354 e. The van der Waals surface area contributed by atoms with Gasteiger partial charge in [-0.2, -0.15) is 0 Å². The van der Waals surface area contributed by atoms with Crippen LogP contribution in [-0.4, -0.2) is 50.5 Å². The van der Waals surface area contributed by atoms with E-state index in [1.54, 1.807) is 31.2 Å². The number of unbranched alkanes of at least 4 members (excludes halogenated alkanes) is 1. The summed E-state index contributed by atoms with van der Waals surface area (Å²) < 4.78 is 27.8. The van der Waals surface area contributed by atoms with Gasteiger partial charge in [-0.25, -0.2) is 8.42 Å². The lowest BCUT2D eigenvalue weighted by Gasteiger charge is -2.31. The van der Waals surface area contributed by atoms with Crippen LogP contribution in [0.25, 0.3) is 0 Å². The van der Waals surface area contributed by atoms with Crippen molar-refractivity contribution in [2.45, 2.75) is 39.3 Å². The molecule has 0 aliphatic carbocycles. The van der Waals surface area contributed by atoms with Crippen LogP contribution in [0.5, 0.6) is 0 Å². The van der Waals surface area contributed by atoms with Crippen molar-refractivity contribution < 1.29 is 18.0 Å². The highest BCUT2D eigenvalue weighted by molar-refractivity contribution is 9.10. The van der Waals surface area contributed by atoms with Gasteiger partial charge in [-0.15, -0.1) is 0 Å². The third-order valence-electron chi connectivity index (χ3n) is 5.06. The monoisotopic (exact) mass is 601 g/mol. The molecule has 0 aliphatic heterocycles. The molecular formula is C23H29Br2N3O4S. The SMILES string of the molecule is CCCCNC(=O)C(C)N(Cc1ccc(Br)cc1)C(=O)CN(c1ccc(Br)cc1)S(C)(=O)=O. The number of carbonyl (C=O) groups is 2. The van der Waals surface area contributed by atoms with Crippen molar-refractivity contribution in [2.24, 2.45) is 0 Å². The van der Waals surface area contributed by atoms with E-state index in [-0.39, 0.29) is 12.5 Å². The first-order valence-electron chi connectivity index (χ1n) is 10.6. The molecule has 0 aromatic heterocycles. The predicted molar refractivity (Wildman–Crippen MR) is 138 cm³/mol. The summed E-state index contributed by atoms with van der Waals surface area (Å²) in [4.78, 5) is 27.6. The normalized spacial score (nSPS) is 12.2. The molecule has 0 bridgehead atoms. The zero-order chi connectivity index (χ0) is 24.6. The maximum atomic E-state index is 13.4. The Morgan fingerprint density at radius 1 is 1.00 bits per heavy atom. The van der Waals surface area contributed by atoms with Crippen molar-refractivity contribution in [1.29, 1.82) is 0 Å². The number of benzene rings is 2. The van der Waals surface area contributed by atoms with Gasteiger partial charge in [-0.3, -0.25) is 13.9 Å². The lowest BCUT2D eigenvalue weighted by molar-refractivity contribution is -0.139. The van der Waals surface area contributed by atoms with Gasteiger partial charge in [0, 0.05) is 22.0 Å². The molecule has 1 unspecified atom stereocenters. The smallest absolute Gasteiger partial charge is 0.244 e. The number of carbonyl (C=O) groups excluding carboxylic acids is 2. The number of amides is 2. The third-order valence-corrected chi connectivity index (χ3v) is 7.25. The summed E-state index contributed by atoms with van der Waals surface area (Å²) in [7, 11) is -3.74. The van der Waals surface area contributed by atoms with Crippen molar-refractivity contribution in [2.75, 3.05) is 23.7 Å². The molecule has 0 heterocycles. The molecule has 33 heavy (non-hydrogen) atoms. The second-order valence-corrected chi connectivity index (χ2v) is 11.5. The second-order valence-electron chi connectivity index (χ2n) is 7.71. The standard InChI is InChI=1S/C23H29Br2N3O4S/c1-4-5-14-26-23(30)17(2)27(15-18-6-8-19(24)9-7-18)22(29)16-28(33(3,31)32)21-12-10-20(25)11-13-21/h6-13,17H,4-5,14-16H2,1-3H3,(H,26,30). The minimum atomic E-state index is -3.74. The molecule has 10 heteroatoms. The molecule has 0 fully saturated rings. The Labute approximate surface area is 212 Å². The average molecular weight is 603 g/mol. The van der Waals surface area contributed by atoms with Gasteiger partial charge < -0.3 is 10.2 Å². The Hall–Kier alpha value is -1.91. The molecule has 0 saturated carbocycles. The Morgan fingerprint density at radius 2 is 1.55 bits per heavy atom. The van der Waals surface area contributed by atoms with E-state index < -0.39 is 28.5 Å². The summed E-state index contributed by atoms with van der Waals surface area (Å²) in [5, 5.41) is 2.86. The minimum absolute atomic E-state index is 0.173. The van der Waals surface area contributed by atoms with Gasteiger partial charge in [-0.1, -0.05) is 57.3 Å². The molecule has 0 aliphatic rings. The van der Waals surface area contributed by atoms with Crippen molar-refractivity contribution in [1.82, 2.24) is 10.2 Å². The summed E-state index contributed by atoms with van der Waals surface area (Å²) in [5.74, 6) is -0.743. The number of nitrogens with zero attached hydrogens (tertiary/aromatic N) is 2. The van der Waals surface area contributed by atoms with E-state index in [0.29, 0.717) is 12.2 Å². The molecule has 0 saturated heterocycles. The highest BCUT2D eigenvalue weighted by Crippen LogP contribution is 2.22. The van der Waals surface area contributed by atoms with Crippen LogP contribution in [0.1, 0.15) is 32.3 Å². The van der Waals surface area contributed by atoms with Gasteiger partial charge >= 0.3 is 0 Å². The molecule has 2 aromatic carbocycles. The van der Waals surface area contributed by atoms with Gasteiger partial charge in [0.25, 0.3) is 0 Å². The Morgan fingerprint density at radius 3 is 2.06 bits per heavy atom. The third kappa shape index (κ3) is 8.42. The molecule has 1 atom stereocenters. The molecule has 0 spiro atoms. The molecule has 7 nitrogen and oxygen atoms in total. The number of anilines is 1. The molecule has 0 radical (unpaired) electrons. The highest BCUT2D eigenvalue weighted by Gasteiger charge is 2.30. The topological polar surface area (TPSA) is 86.8 Å². The van der Waals surface area contributed by atoms with Crippen LogP contribution in [0.3, 0.4) is 0 Å². The number of halogens is 2. The van der Waals surface area contributed by atoms with Crippen LogP contribution in [0.4, 0.5) is 5.69 Å². The lowest BCUT2D eigenvalue weighted by Crippen LogP contribution is -2.51. The second kappa shape index (κ2) is 12.5. The fourth-order valence-electron chi connectivity index (χ4n) is 3.13. The van der Waals surface area contributed by atoms with E-state index in [9.17, 15) is 18.0 Å². The van der Waals surface area contributed by atoms with E-state index in [4.69, 9.17) is 0 Å². The summed E-state index contributed by atoms with van der Waals surface area (Å²) >= 11 is 6.72.